The Hall–Kier alpha value is -3.18. The molecule has 2 heterocycles. The van der Waals surface area contributed by atoms with Gasteiger partial charge in [0.1, 0.15) is 17.8 Å². The predicted molar refractivity (Wildman–Crippen MR) is 99.9 cm³/mol. The summed E-state index contributed by atoms with van der Waals surface area (Å²) < 4.78 is 5.77. The fourth-order valence-corrected chi connectivity index (χ4v) is 2.71. The average Bonchev–Trinajstić information content (AvgIpc) is 3.11. The molecule has 6 heteroatoms. The molecular weight excluding hydrogens is 336 g/mol. The first-order chi connectivity index (χ1) is 12.3. The summed E-state index contributed by atoms with van der Waals surface area (Å²) in [7, 11) is 0. The second-order valence-electron chi connectivity index (χ2n) is 5.29. The molecule has 0 aliphatic carbocycles. The number of benzene rings is 2. The van der Waals surface area contributed by atoms with Crippen LogP contribution in [-0.2, 0) is 0 Å². The maximum absolute atomic E-state index is 6.19. The molecule has 0 unspecified atom stereocenters. The Labute approximate surface area is 149 Å². The number of furan rings is 1. The summed E-state index contributed by atoms with van der Waals surface area (Å²) in [6.07, 6.45) is 3.10. The van der Waals surface area contributed by atoms with Crippen LogP contribution in [0.5, 0.6) is 0 Å². The zero-order chi connectivity index (χ0) is 17.1. The number of anilines is 1. The average molecular weight is 349 g/mol. The third-order valence-corrected chi connectivity index (χ3v) is 4.00. The molecule has 0 aliphatic rings. The fourth-order valence-electron chi connectivity index (χ4n) is 2.48. The van der Waals surface area contributed by atoms with Gasteiger partial charge >= 0.3 is 0 Å². The molecule has 0 atom stereocenters. The molecule has 4 rings (SSSR count). The molecule has 0 fully saturated rings. The molecule has 2 aromatic carbocycles. The summed E-state index contributed by atoms with van der Waals surface area (Å²) in [6.45, 7) is 0. The Morgan fingerprint density at radius 3 is 2.72 bits per heavy atom. The summed E-state index contributed by atoms with van der Waals surface area (Å²) in [4.78, 5) is 8.44. The maximum atomic E-state index is 6.19. The predicted octanol–water partition coefficient (Wildman–Crippen LogP) is 4.99. The van der Waals surface area contributed by atoms with Gasteiger partial charge in [0.2, 0.25) is 0 Å². The van der Waals surface area contributed by atoms with Gasteiger partial charge in [-0.15, -0.1) is 0 Å². The van der Waals surface area contributed by atoms with Gasteiger partial charge in [-0.25, -0.2) is 9.97 Å². The molecule has 0 bridgehead atoms. The van der Waals surface area contributed by atoms with E-state index >= 15 is 0 Å². The van der Waals surface area contributed by atoms with E-state index in [1.54, 1.807) is 6.21 Å². The number of hydrogen-bond acceptors (Lipinski definition) is 5. The van der Waals surface area contributed by atoms with Crippen molar-refractivity contribution in [2.45, 2.75) is 0 Å². The normalized spacial score (nSPS) is 11.2. The summed E-state index contributed by atoms with van der Waals surface area (Å²) in [5.74, 6) is 1.94. The van der Waals surface area contributed by atoms with Crippen LogP contribution in [0.1, 0.15) is 5.76 Å². The molecule has 0 amide bonds. The highest BCUT2D eigenvalue weighted by Gasteiger charge is 2.07. The van der Waals surface area contributed by atoms with Gasteiger partial charge in [-0.2, -0.15) is 5.10 Å². The molecule has 0 saturated carbocycles. The molecule has 25 heavy (non-hydrogen) atoms. The summed E-state index contributed by atoms with van der Waals surface area (Å²) >= 11 is 6.19. The van der Waals surface area contributed by atoms with E-state index in [0.29, 0.717) is 22.4 Å². The second kappa shape index (κ2) is 6.75. The van der Waals surface area contributed by atoms with Crippen LogP contribution in [0.2, 0.25) is 5.02 Å². The Bertz CT molecular complexity index is 1050. The highest BCUT2D eigenvalue weighted by molar-refractivity contribution is 6.33. The van der Waals surface area contributed by atoms with E-state index in [1.165, 1.54) is 6.33 Å². The highest BCUT2D eigenvalue weighted by Crippen LogP contribution is 2.28. The van der Waals surface area contributed by atoms with E-state index in [1.807, 2.05) is 60.7 Å². The lowest BCUT2D eigenvalue weighted by Gasteiger charge is -2.02. The Morgan fingerprint density at radius 2 is 1.80 bits per heavy atom. The van der Waals surface area contributed by atoms with Crippen LogP contribution in [0.25, 0.3) is 22.2 Å². The molecule has 5 nitrogen and oxygen atoms in total. The molecule has 0 spiro atoms. The summed E-state index contributed by atoms with van der Waals surface area (Å²) in [5.41, 5.74) is 4.63. The van der Waals surface area contributed by atoms with E-state index in [4.69, 9.17) is 16.0 Å². The Balaban J connectivity index is 1.54. The van der Waals surface area contributed by atoms with Crippen LogP contribution in [-0.4, -0.2) is 16.2 Å². The van der Waals surface area contributed by atoms with Crippen molar-refractivity contribution in [3.05, 3.63) is 77.8 Å². The Kier molecular flexibility index (Phi) is 4.14. The van der Waals surface area contributed by atoms with Gasteiger partial charge in [0.25, 0.3) is 0 Å². The largest absolute Gasteiger partial charge is 0.455 e. The lowest BCUT2D eigenvalue weighted by molar-refractivity contribution is 0.575. The second-order valence-corrected chi connectivity index (χ2v) is 5.70. The van der Waals surface area contributed by atoms with Crippen LogP contribution in [0.3, 0.4) is 0 Å². The van der Waals surface area contributed by atoms with Crippen LogP contribution < -0.4 is 5.43 Å². The van der Waals surface area contributed by atoms with E-state index < -0.39 is 0 Å². The van der Waals surface area contributed by atoms with Crippen molar-refractivity contribution in [2.75, 3.05) is 5.43 Å². The summed E-state index contributed by atoms with van der Waals surface area (Å²) in [5, 5.41) is 5.75. The quantitative estimate of drug-likeness (QED) is 0.417. The van der Waals surface area contributed by atoms with Crippen LogP contribution >= 0.6 is 11.6 Å². The number of hydrazone groups is 1. The van der Waals surface area contributed by atoms with Crippen molar-refractivity contribution < 1.29 is 4.42 Å². The van der Waals surface area contributed by atoms with Crippen molar-refractivity contribution in [1.29, 1.82) is 0 Å². The van der Waals surface area contributed by atoms with Gasteiger partial charge in [-0.3, -0.25) is 5.43 Å². The van der Waals surface area contributed by atoms with Crippen molar-refractivity contribution >= 4 is 34.5 Å². The maximum Gasteiger partial charge on any atom is 0.157 e. The van der Waals surface area contributed by atoms with E-state index in [9.17, 15) is 0 Å². The van der Waals surface area contributed by atoms with Crippen molar-refractivity contribution in [3.8, 4) is 11.3 Å². The third-order valence-electron chi connectivity index (χ3n) is 3.67. The molecular formula is C19H13ClN4O. The topological polar surface area (TPSA) is 63.3 Å². The fraction of sp³-hybridized carbons (Fsp3) is 0. The first-order valence-corrected chi connectivity index (χ1v) is 8.02. The van der Waals surface area contributed by atoms with Gasteiger partial charge in [0, 0.05) is 10.9 Å². The Morgan fingerprint density at radius 1 is 0.960 bits per heavy atom. The van der Waals surface area contributed by atoms with Gasteiger partial charge in [-0.05, 0) is 36.4 Å². The number of nitrogens with one attached hydrogen (secondary N) is 1. The van der Waals surface area contributed by atoms with E-state index in [0.717, 1.165) is 16.5 Å². The van der Waals surface area contributed by atoms with Crippen LogP contribution in [0.4, 0.5) is 5.82 Å². The minimum Gasteiger partial charge on any atom is -0.455 e. The van der Waals surface area contributed by atoms with Crippen LogP contribution in [0.15, 0.2) is 76.5 Å². The van der Waals surface area contributed by atoms with E-state index in [2.05, 4.69) is 20.5 Å². The number of aromatic nitrogens is 2. The van der Waals surface area contributed by atoms with Gasteiger partial charge in [-0.1, -0.05) is 35.9 Å². The number of fused-ring (bicyclic) bond motifs is 1. The summed E-state index contributed by atoms with van der Waals surface area (Å²) in [6, 6.07) is 19.0. The van der Waals surface area contributed by atoms with Crippen molar-refractivity contribution in [3.63, 3.8) is 0 Å². The zero-order valence-electron chi connectivity index (χ0n) is 13.1. The van der Waals surface area contributed by atoms with E-state index in [-0.39, 0.29) is 0 Å². The molecule has 0 aliphatic heterocycles. The van der Waals surface area contributed by atoms with Crippen LogP contribution in [0, 0.1) is 0 Å². The first-order valence-electron chi connectivity index (χ1n) is 7.65. The van der Waals surface area contributed by atoms with Gasteiger partial charge in [0.15, 0.2) is 5.82 Å². The number of para-hydroxylation sites is 1. The van der Waals surface area contributed by atoms with Gasteiger partial charge < -0.3 is 4.42 Å². The number of hydrogen-bond donors (Lipinski definition) is 1. The number of nitrogens with zero attached hydrogens (tertiary/aromatic N) is 3. The molecule has 0 radical (unpaired) electrons. The number of rotatable bonds is 4. The molecule has 122 valence electrons. The van der Waals surface area contributed by atoms with Crippen molar-refractivity contribution in [1.82, 2.24) is 9.97 Å². The SMILES string of the molecule is Clc1ccccc1-c1ccc(/C=N/Nc2ncnc3ccccc23)o1. The van der Waals surface area contributed by atoms with Gasteiger partial charge in [0.05, 0.1) is 16.8 Å². The third kappa shape index (κ3) is 3.22. The monoisotopic (exact) mass is 348 g/mol. The lowest BCUT2D eigenvalue weighted by Crippen LogP contribution is -1.95. The molecule has 4 aromatic rings. The molecule has 1 N–H and O–H groups in total. The minimum absolute atomic E-state index is 0.612. The first kappa shape index (κ1) is 15.4. The molecule has 2 aromatic heterocycles. The highest BCUT2D eigenvalue weighted by atomic mass is 35.5. The lowest BCUT2D eigenvalue weighted by atomic mass is 10.2. The minimum atomic E-state index is 0.612. The van der Waals surface area contributed by atoms with Crippen molar-refractivity contribution in [2.24, 2.45) is 5.10 Å². The smallest absolute Gasteiger partial charge is 0.157 e. The standard InChI is InChI=1S/C19H13ClN4O/c20-16-7-3-1-5-14(16)18-10-9-13(25-18)11-23-24-19-15-6-2-4-8-17(15)21-12-22-19/h1-12H,(H,21,22,24)/b23-11+. The number of halogens is 1. The zero-order valence-corrected chi connectivity index (χ0v) is 13.8. The molecule has 0 saturated heterocycles.